The van der Waals surface area contributed by atoms with E-state index in [0.29, 0.717) is 0 Å². The summed E-state index contributed by atoms with van der Waals surface area (Å²) in [5.74, 6) is -0.688. The maximum Gasteiger partial charge on any atom is 0.274 e. The molecule has 1 atom stereocenters. The number of aliphatic hydroxyl groups excluding tert-OH is 1. The summed E-state index contributed by atoms with van der Waals surface area (Å²) in [6, 6.07) is 2.42. The molecule has 4 N–H and O–H groups in total. The SMILES string of the molecule is NC(=O)C(O)CNc1cc([N+](=O)[O-])ccn1. The minimum absolute atomic E-state index is 0.133. The molecule has 0 aliphatic heterocycles. The number of anilines is 1. The minimum atomic E-state index is -1.36. The van der Waals surface area contributed by atoms with E-state index in [2.05, 4.69) is 10.3 Å². The van der Waals surface area contributed by atoms with Crippen molar-refractivity contribution in [1.29, 1.82) is 0 Å². The van der Waals surface area contributed by atoms with Gasteiger partial charge in [-0.3, -0.25) is 14.9 Å². The molecule has 0 spiro atoms. The average Bonchev–Trinajstić information content (AvgIpc) is 2.26. The van der Waals surface area contributed by atoms with Gasteiger partial charge < -0.3 is 16.2 Å². The highest BCUT2D eigenvalue weighted by atomic mass is 16.6. The third-order valence-electron chi connectivity index (χ3n) is 1.76. The second-order valence-electron chi connectivity index (χ2n) is 2.96. The summed E-state index contributed by atoms with van der Waals surface area (Å²) in [6.07, 6.45) is -0.113. The van der Waals surface area contributed by atoms with Gasteiger partial charge in [0.15, 0.2) is 0 Å². The lowest BCUT2D eigenvalue weighted by atomic mass is 10.3. The molecule has 86 valence electrons. The lowest BCUT2D eigenvalue weighted by molar-refractivity contribution is -0.384. The lowest BCUT2D eigenvalue weighted by Gasteiger charge is -2.08. The summed E-state index contributed by atoms with van der Waals surface area (Å²) in [5.41, 5.74) is 4.69. The van der Waals surface area contributed by atoms with E-state index in [-0.39, 0.29) is 18.1 Å². The molecule has 1 heterocycles. The van der Waals surface area contributed by atoms with Gasteiger partial charge in [0.2, 0.25) is 5.91 Å². The Bertz CT molecular complexity index is 409. The zero-order valence-corrected chi connectivity index (χ0v) is 8.16. The Balaban J connectivity index is 2.64. The first-order valence-electron chi connectivity index (χ1n) is 4.32. The van der Waals surface area contributed by atoms with Gasteiger partial charge in [0, 0.05) is 12.3 Å². The molecule has 0 bridgehead atoms. The molecule has 0 aliphatic carbocycles. The summed E-state index contributed by atoms with van der Waals surface area (Å²) < 4.78 is 0. The van der Waals surface area contributed by atoms with Crippen LogP contribution in [-0.2, 0) is 4.79 Å². The molecule has 16 heavy (non-hydrogen) atoms. The van der Waals surface area contributed by atoms with E-state index >= 15 is 0 Å². The fourth-order valence-electron chi connectivity index (χ4n) is 0.931. The van der Waals surface area contributed by atoms with Crippen LogP contribution >= 0.6 is 0 Å². The normalized spacial score (nSPS) is 11.8. The van der Waals surface area contributed by atoms with Crippen molar-refractivity contribution in [2.24, 2.45) is 5.73 Å². The Labute approximate surface area is 90.2 Å². The first-order valence-corrected chi connectivity index (χ1v) is 4.32. The molecule has 1 rings (SSSR count). The first kappa shape index (κ1) is 11.9. The number of rotatable bonds is 5. The lowest BCUT2D eigenvalue weighted by Crippen LogP contribution is -2.34. The van der Waals surface area contributed by atoms with Gasteiger partial charge in [-0.05, 0) is 0 Å². The number of carbonyl (C=O) groups is 1. The highest BCUT2D eigenvalue weighted by Crippen LogP contribution is 2.13. The maximum absolute atomic E-state index is 10.5. The van der Waals surface area contributed by atoms with Crippen molar-refractivity contribution in [3.8, 4) is 0 Å². The number of nitrogens with zero attached hydrogens (tertiary/aromatic N) is 2. The summed E-state index contributed by atoms with van der Waals surface area (Å²) in [5, 5.41) is 22.0. The van der Waals surface area contributed by atoms with Crippen molar-refractivity contribution in [3.05, 3.63) is 28.4 Å². The van der Waals surface area contributed by atoms with Crippen LogP contribution in [0.15, 0.2) is 18.3 Å². The number of carbonyl (C=O) groups excluding carboxylic acids is 1. The van der Waals surface area contributed by atoms with Gasteiger partial charge in [-0.2, -0.15) is 0 Å². The second kappa shape index (κ2) is 5.03. The summed E-state index contributed by atoms with van der Waals surface area (Å²) in [4.78, 5) is 24.1. The summed E-state index contributed by atoms with van der Waals surface area (Å²) in [7, 11) is 0. The number of nitro groups is 1. The number of pyridine rings is 1. The first-order chi connectivity index (χ1) is 7.50. The van der Waals surface area contributed by atoms with Crippen LogP contribution in [0, 0.1) is 10.1 Å². The Morgan fingerprint density at radius 2 is 2.44 bits per heavy atom. The average molecular weight is 226 g/mol. The van der Waals surface area contributed by atoms with Gasteiger partial charge in [-0.15, -0.1) is 0 Å². The zero-order valence-electron chi connectivity index (χ0n) is 8.16. The number of primary amides is 1. The molecular weight excluding hydrogens is 216 g/mol. The fourth-order valence-corrected chi connectivity index (χ4v) is 0.931. The van der Waals surface area contributed by atoms with Gasteiger partial charge in [0.1, 0.15) is 11.9 Å². The second-order valence-corrected chi connectivity index (χ2v) is 2.96. The largest absolute Gasteiger partial charge is 0.381 e. The predicted molar refractivity (Wildman–Crippen MR) is 54.6 cm³/mol. The monoisotopic (exact) mass is 226 g/mol. The van der Waals surface area contributed by atoms with Gasteiger partial charge in [0.05, 0.1) is 17.5 Å². The van der Waals surface area contributed by atoms with Crippen LogP contribution in [0.1, 0.15) is 0 Å². The quantitative estimate of drug-likeness (QED) is 0.447. The van der Waals surface area contributed by atoms with Crippen molar-refractivity contribution >= 4 is 17.4 Å². The van der Waals surface area contributed by atoms with Gasteiger partial charge >= 0.3 is 0 Å². The number of nitrogens with two attached hydrogens (primary N) is 1. The number of amides is 1. The van der Waals surface area contributed by atoms with Crippen LogP contribution in [0.25, 0.3) is 0 Å². The molecule has 8 nitrogen and oxygen atoms in total. The van der Waals surface area contributed by atoms with E-state index in [1.54, 1.807) is 0 Å². The number of aromatic nitrogens is 1. The van der Waals surface area contributed by atoms with Crippen LogP contribution < -0.4 is 11.1 Å². The molecule has 0 aliphatic rings. The smallest absolute Gasteiger partial charge is 0.274 e. The van der Waals surface area contributed by atoms with Crippen molar-refractivity contribution < 1.29 is 14.8 Å². The predicted octanol–water partition coefficient (Wildman–Crippen LogP) is -0.752. The van der Waals surface area contributed by atoms with Crippen molar-refractivity contribution in [2.75, 3.05) is 11.9 Å². The molecule has 8 heteroatoms. The van der Waals surface area contributed by atoms with Crippen molar-refractivity contribution in [1.82, 2.24) is 4.98 Å². The van der Waals surface area contributed by atoms with Crippen molar-refractivity contribution in [3.63, 3.8) is 0 Å². The van der Waals surface area contributed by atoms with E-state index in [1.807, 2.05) is 0 Å². The van der Waals surface area contributed by atoms with Crippen LogP contribution in [-0.4, -0.2) is 33.6 Å². The molecule has 1 amide bonds. The van der Waals surface area contributed by atoms with E-state index in [1.165, 1.54) is 18.3 Å². The third kappa shape index (κ3) is 3.17. The summed E-state index contributed by atoms with van der Waals surface area (Å²) in [6.45, 7) is -0.149. The molecule has 0 saturated heterocycles. The van der Waals surface area contributed by atoms with Crippen LogP contribution in [0.3, 0.4) is 0 Å². The standard InChI is InChI=1S/C8H10N4O4/c9-8(14)6(13)4-11-7-3-5(12(15)16)1-2-10-7/h1-3,6,13H,4H2,(H2,9,14)(H,10,11). The highest BCUT2D eigenvalue weighted by Gasteiger charge is 2.11. The highest BCUT2D eigenvalue weighted by molar-refractivity contribution is 5.79. The third-order valence-corrected chi connectivity index (χ3v) is 1.76. The van der Waals surface area contributed by atoms with E-state index in [0.717, 1.165) is 0 Å². The van der Waals surface area contributed by atoms with E-state index < -0.39 is 16.9 Å². The van der Waals surface area contributed by atoms with E-state index in [9.17, 15) is 14.9 Å². The Morgan fingerprint density at radius 1 is 1.75 bits per heavy atom. The van der Waals surface area contributed by atoms with Gasteiger partial charge in [-0.25, -0.2) is 4.98 Å². The van der Waals surface area contributed by atoms with E-state index in [4.69, 9.17) is 10.8 Å². The molecule has 0 aromatic carbocycles. The Kier molecular flexibility index (Phi) is 3.72. The van der Waals surface area contributed by atoms with Gasteiger partial charge in [0.25, 0.3) is 5.69 Å². The van der Waals surface area contributed by atoms with Crippen LogP contribution in [0.4, 0.5) is 11.5 Å². The molecule has 0 radical (unpaired) electrons. The number of hydrogen-bond donors (Lipinski definition) is 3. The summed E-state index contributed by atoms with van der Waals surface area (Å²) >= 11 is 0. The van der Waals surface area contributed by atoms with Crippen LogP contribution in [0.2, 0.25) is 0 Å². The fraction of sp³-hybridized carbons (Fsp3) is 0.250. The van der Waals surface area contributed by atoms with Crippen molar-refractivity contribution in [2.45, 2.75) is 6.10 Å². The topological polar surface area (TPSA) is 131 Å². The molecule has 1 aromatic heterocycles. The molecule has 1 unspecified atom stereocenters. The Morgan fingerprint density at radius 3 is 3.00 bits per heavy atom. The van der Waals surface area contributed by atoms with Gasteiger partial charge in [-0.1, -0.05) is 0 Å². The number of hydrogen-bond acceptors (Lipinski definition) is 6. The maximum atomic E-state index is 10.5. The van der Waals surface area contributed by atoms with Crippen LogP contribution in [0.5, 0.6) is 0 Å². The number of nitrogens with one attached hydrogen (secondary N) is 1. The minimum Gasteiger partial charge on any atom is -0.381 e. The molecule has 0 fully saturated rings. The molecule has 0 saturated carbocycles. The molecular formula is C8H10N4O4. The number of aliphatic hydroxyl groups is 1. The Hall–Kier alpha value is -2.22. The zero-order chi connectivity index (χ0) is 12.1. The molecule has 1 aromatic rings.